The molecule has 0 aromatic carbocycles. The minimum absolute atomic E-state index is 0.0939. The van der Waals surface area contributed by atoms with E-state index in [2.05, 4.69) is 15.4 Å². The van der Waals surface area contributed by atoms with Gasteiger partial charge >= 0.3 is 5.97 Å². The summed E-state index contributed by atoms with van der Waals surface area (Å²) >= 11 is 1.31. The molecule has 0 atom stereocenters. The summed E-state index contributed by atoms with van der Waals surface area (Å²) in [7, 11) is 1.81. The van der Waals surface area contributed by atoms with E-state index in [0.717, 1.165) is 5.69 Å². The first-order valence-corrected chi connectivity index (χ1v) is 5.34. The molecule has 2 heterocycles. The number of aromatic nitrogens is 3. The Hall–Kier alpha value is -1.89. The van der Waals surface area contributed by atoms with E-state index in [1.165, 1.54) is 11.3 Å². The summed E-state index contributed by atoms with van der Waals surface area (Å²) in [6.07, 6.45) is 3.44. The number of nitrogens with zero attached hydrogens (tertiary/aromatic N) is 3. The van der Waals surface area contributed by atoms with E-state index in [-0.39, 0.29) is 5.69 Å². The Morgan fingerprint density at radius 2 is 2.38 bits per heavy atom. The summed E-state index contributed by atoms with van der Waals surface area (Å²) < 4.78 is 1.65. The van der Waals surface area contributed by atoms with Crippen LogP contribution in [0.4, 0.5) is 10.8 Å². The van der Waals surface area contributed by atoms with Crippen molar-refractivity contribution in [3.8, 4) is 0 Å². The maximum Gasteiger partial charge on any atom is 0.355 e. The van der Waals surface area contributed by atoms with Crippen molar-refractivity contribution in [3.63, 3.8) is 0 Å². The van der Waals surface area contributed by atoms with Gasteiger partial charge in [-0.2, -0.15) is 5.10 Å². The van der Waals surface area contributed by atoms with Gasteiger partial charge in [-0.05, 0) is 6.92 Å². The summed E-state index contributed by atoms with van der Waals surface area (Å²) in [4.78, 5) is 15.5. The number of thiazole rings is 1. The van der Waals surface area contributed by atoms with Gasteiger partial charge in [-0.15, -0.1) is 11.3 Å². The minimum atomic E-state index is -1.01. The fourth-order valence-electron chi connectivity index (χ4n) is 1.26. The Labute approximate surface area is 95.6 Å². The lowest BCUT2D eigenvalue weighted by Crippen LogP contribution is -1.98. The number of nitrogens with one attached hydrogen (secondary N) is 1. The number of carbonyl (C=O) groups is 1. The van der Waals surface area contributed by atoms with Crippen molar-refractivity contribution in [2.75, 3.05) is 5.32 Å². The van der Waals surface area contributed by atoms with Crippen molar-refractivity contribution in [1.82, 2.24) is 14.8 Å². The Morgan fingerprint density at radius 1 is 1.62 bits per heavy atom. The van der Waals surface area contributed by atoms with Crippen molar-refractivity contribution >= 4 is 28.1 Å². The topological polar surface area (TPSA) is 80.0 Å². The highest BCUT2D eigenvalue weighted by molar-refractivity contribution is 7.15. The molecule has 0 saturated heterocycles. The van der Waals surface area contributed by atoms with E-state index < -0.39 is 5.97 Å². The number of rotatable bonds is 3. The zero-order valence-corrected chi connectivity index (χ0v) is 9.58. The third-order valence-electron chi connectivity index (χ3n) is 1.96. The first-order valence-electron chi connectivity index (χ1n) is 4.52. The summed E-state index contributed by atoms with van der Waals surface area (Å²) in [6.45, 7) is 1.73. The van der Waals surface area contributed by atoms with Crippen LogP contribution in [-0.2, 0) is 7.05 Å². The molecule has 84 valence electrons. The molecule has 0 unspecified atom stereocenters. The maximum atomic E-state index is 10.8. The van der Waals surface area contributed by atoms with E-state index in [0.29, 0.717) is 10.0 Å². The first-order chi connectivity index (χ1) is 7.56. The van der Waals surface area contributed by atoms with Crippen LogP contribution in [0, 0.1) is 6.92 Å². The molecular weight excluding hydrogens is 228 g/mol. The highest BCUT2D eigenvalue weighted by Gasteiger charge is 2.14. The maximum absolute atomic E-state index is 10.8. The Kier molecular flexibility index (Phi) is 2.61. The fraction of sp³-hybridized carbons (Fsp3) is 0.222. The number of carboxylic acids is 1. The van der Waals surface area contributed by atoms with Crippen LogP contribution in [0.25, 0.3) is 0 Å². The standard InChI is InChI=1S/C9H10N4O2S/c1-5-7(8(14)15)12-9(16-5)11-6-3-10-13(2)4-6/h3-4H,1-2H3,(H,11,12)(H,14,15). The van der Waals surface area contributed by atoms with Crippen LogP contribution in [0.15, 0.2) is 12.4 Å². The molecule has 2 aromatic heterocycles. The number of aromatic carboxylic acids is 1. The minimum Gasteiger partial charge on any atom is -0.476 e. The molecule has 7 heteroatoms. The number of hydrogen-bond donors (Lipinski definition) is 2. The lowest BCUT2D eigenvalue weighted by molar-refractivity contribution is 0.0690. The Balaban J connectivity index is 2.22. The zero-order chi connectivity index (χ0) is 11.7. The quantitative estimate of drug-likeness (QED) is 0.849. The molecule has 2 rings (SSSR count). The second kappa shape index (κ2) is 3.93. The van der Waals surface area contributed by atoms with E-state index in [1.807, 2.05) is 0 Å². The number of anilines is 2. The summed E-state index contributed by atoms with van der Waals surface area (Å²) in [6, 6.07) is 0. The van der Waals surface area contributed by atoms with Crippen molar-refractivity contribution in [3.05, 3.63) is 23.0 Å². The highest BCUT2D eigenvalue weighted by atomic mass is 32.1. The van der Waals surface area contributed by atoms with E-state index >= 15 is 0 Å². The molecule has 0 aliphatic rings. The van der Waals surface area contributed by atoms with Gasteiger partial charge in [0.25, 0.3) is 0 Å². The van der Waals surface area contributed by atoms with Gasteiger partial charge in [0, 0.05) is 18.1 Å². The lowest BCUT2D eigenvalue weighted by Gasteiger charge is -1.95. The van der Waals surface area contributed by atoms with Crippen LogP contribution in [-0.4, -0.2) is 25.8 Å². The van der Waals surface area contributed by atoms with Crippen LogP contribution in [0.1, 0.15) is 15.4 Å². The largest absolute Gasteiger partial charge is 0.476 e. The molecule has 0 fully saturated rings. The lowest BCUT2D eigenvalue weighted by atomic mass is 10.4. The molecule has 2 N–H and O–H groups in total. The van der Waals surface area contributed by atoms with Crippen molar-refractivity contribution < 1.29 is 9.90 Å². The van der Waals surface area contributed by atoms with Gasteiger partial charge in [-0.25, -0.2) is 9.78 Å². The molecule has 0 aliphatic heterocycles. The fourth-order valence-corrected chi connectivity index (χ4v) is 2.08. The molecule has 2 aromatic rings. The van der Waals surface area contributed by atoms with Gasteiger partial charge < -0.3 is 10.4 Å². The number of carboxylic acid groups (broad SMARTS) is 1. The Morgan fingerprint density at radius 3 is 2.88 bits per heavy atom. The van der Waals surface area contributed by atoms with Crippen LogP contribution < -0.4 is 5.32 Å². The highest BCUT2D eigenvalue weighted by Crippen LogP contribution is 2.24. The van der Waals surface area contributed by atoms with Gasteiger partial charge in [0.1, 0.15) is 0 Å². The van der Waals surface area contributed by atoms with Gasteiger partial charge in [0.15, 0.2) is 10.8 Å². The molecule has 0 aliphatic carbocycles. The normalized spacial score (nSPS) is 10.4. The van der Waals surface area contributed by atoms with Crippen molar-refractivity contribution in [1.29, 1.82) is 0 Å². The van der Waals surface area contributed by atoms with E-state index in [1.54, 1.807) is 31.0 Å². The molecule has 0 spiro atoms. The number of aryl methyl sites for hydroxylation is 2. The molecule has 0 radical (unpaired) electrons. The average Bonchev–Trinajstić information content (AvgIpc) is 2.73. The Bertz CT molecular complexity index is 531. The van der Waals surface area contributed by atoms with E-state index in [9.17, 15) is 4.79 Å². The zero-order valence-electron chi connectivity index (χ0n) is 8.76. The smallest absolute Gasteiger partial charge is 0.355 e. The van der Waals surface area contributed by atoms with Crippen molar-refractivity contribution in [2.45, 2.75) is 6.92 Å². The van der Waals surface area contributed by atoms with Crippen LogP contribution in [0.5, 0.6) is 0 Å². The second-order valence-corrected chi connectivity index (χ2v) is 4.46. The summed E-state index contributed by atoms with van der Waals surface area (Å²) in [5.74, 6) is -1.01. The molecular formula is C9H10N4O2S. The van der Waals surface area contributed by atoms with E-state index in [4.69, 9.17) is 5.11 Å². The molecule has 0 bridgehead atoms. The summed E-state index contributed by atoms with van der Waals surface area (Å²) in [5, 5.41) is 16.4. The van der Waals surface area contributed by atoms with Crippen LogP contribution in [0.2, 0.25) is 0 Å². The predicted octanol–water partition coefficient (Wildman–Crippen LogP) is 1.63. The van der Waals surface area contributed by atoms with Gasteiger partial charge in [-0.1, -0.05) is 0 Å². The first kappa shape index (κ1) is 10.6. The average molecular weight is 238 g/mol. The third-order valence-corrected chi connectivity index (χ3v) is 2.84. The monoisotopic (exact) mass is 238 g/mol. The van der Waals surface area contributed by atoms with Gasteiger partial charge in [0.05, 0.1) is 11.9 Å². The van der Waals surface area contributed by atoms with Gasteiger partial charge in [0.2, 0.25) is 0 Å². The number of hydrogen-bond acceptors (Lipinski definition) is 5. The van der Waals surface area contributed by atoms with Crippen LogP contribution in [0.3, 0.4) is 0 Å². The third kappa shape index (κ3) is 2.03. The van der Waals surface area contributed by atoms with Crippen LogP contribution >= 0.6 is 11.3 Å². The second-order valence-electron chi connectivity index (χ2n) is 3.26. The molecule has 6 nitrogen and oxygen atoms in total. The SMILES string of the molecule is Cc1sc(Nc2cnn(C)c2)nc1C(=O)O. The molecule has 16 heavy (non-hydrogen) atoms. The summed E-state index contributed by atoms with van der Waals surface area (Å²) in [5.41, 5.74) is 0.879. The molecule has 0 saturated carbocycles. The molecule has 0 amide bonds. The van der Waals surface area contributed by atoms with Crippen molar-refractivity contribution in [2.24, 2.45) is 7.05 Å². The van der Waals surface area contributed by atoms with Gasteiger partial charge in [-0.3, -0.25) is 4.68 Å². The predicted molar refractivity (Wildman–Crippen MR) is 60.3 cm³/mol.